The zero-order valence-electron chi connectivity index (χ0n) is 19.1. The zero-order valence-corrected chi connectivity index (χ0v) is 19.1. The van der Waals surface area contributed by atoms with Gasteiger partial charge < -0.3 is 15.5 Å². The first-order valence-corrected chi connectivity index (χ1v) is 11.7. The Labute approximate surface area is 202 Å². The maximum absolute atomic E-state index is 13.3. The lowest BCUT2D eigenvalue weighted by atomic mass is 9.75. The fourth-order valence-electron chi connectivity index (χ4n) is 4.74. The number of hydrogen-bond donors (Lipinski definition) is 3. The average molecular weight is 480 g/mol. The Morgan fingerprint density at radius 1 is 0.857 bits per heavy atom. The van der Waals surface area contributed by atoms with Gasteiger partial charge >= 0.3 is 5.97 Å². The van der Waals surface area contributed by atoms with Crippen LogP contribution in [0.5, 0.6) is 0 Å². The number of carboxylic acids is 1. The molecular formula is C28H27F2NO4. The van der Waals surface area contributed by atoms with Crippen molar-refractivity contribution in [3.8, 4) is 11.1 Å². The fourth-order valence-corrected chi connectivity index (χ4v) is 4.74. The molecule has 5 nitrogen and oxygen atoms in total. The van der Waals surface area contributed by atoms with E-state index in [1.54, 1.807) is 24.3 Å². The van der Waals surface area contributed by atoms with Crippen molar-refractivity contribution >= 4 is 17.4 Å². The Balaban J connectivity index is 1.39. The highest BCUT2D eigenvalue weighted by molar-refractivity contribution is 6.00. The van der Waals surface area contributed by atoms with Crippen molar-refractivity contribution in [2.45, 2.75) is 38.3 Å². The Kier molecular flexibility index (Phi) is 7.56. The number of anilines is 1. The molecule has 0 aromatic heterocycles. The van der Waals surface area contributed by atoms with Gasteiger partial charge in [0.1, 0.15) is 17.9 Å². The molecule has 0 spiro atoms. The smallest absolute Gasteiger partial charge is 0.307 e. The van der Waals surface area contributed by atoms with E-state index in [0.29, 0.717) is 29.7 Å². The van der Waals surface area contributed by atoms with E-state index in [1.165, 1.54) is 12.1 Å². The standard InChI is InChI=1S/C28H27F2NO4/c29-21-13-17(14-22(30)16-21)15-26(32)31-23-11-9-19(10-12-23)18-5-7-20(8-6-18)27(33)24-3-1-2-4-25(24)28(34)35/h5-14,16,24-26,31-32H,1-4,15H2,(H,34,35)/t24-,25-,26?/m1/s1. The van der Waals surface area contributed by atoms with Crippen LogP contribution >= 0.6 is 0 Å². The number of hydrogen-bond acceptors (Lipinski definition) is 4. The van der Waals surface area contributed by atoms with E-state index in [2.05, 4.69) is 5.32 Å². The van der Waals surface area contributed by atoms with Crippen LogP contribution in [0.4, 0.5) is 14.5 Å². The van der Waals surface area contributed by atoms with E-state index < -0.39 is 35.7 Å². The van der Waals surface area contributed by atoms with Crippen molar-refractivity contribution in [3.05, 3.63) is 89.5 Å². The van der Waals surface area contributed by atoms with Gasteiger partial charge in [-0.2, -0.15) is 0 Å². The molecule has 1 aliphatic carbocycles. The molecule has 3 atom stereocenters. The van der Waals surface area contributed by atoms with Crippen LogP contribution in [-0.2, 0) is 11.2 Å². The summed E-state index contributed by atoms with van der Waals surface area (Å²) in [7, 11) is 0. The monoisotopic (exact) mass is 479 g/mol. The molecular weight excluding hydrogens is 452 g/mol. The SMILES string of the molecule is O=C(O)[C@@H]1CCCC[C@H]1C(=O)c1ccc(-c2ccc(NC(O)Cc3cc(F)cc(F)c3)cc2)cc1. The van der Waals surface area contributed by atoms with Crippen LogP contribution < -0.4 is 5.32 Å². The van der Waals surface area contributed by atoms with Crippen molar-refractivity contribution in [2.24, 2.45) is 11.8 Å². The number of benzene rings is 3. The van der Waals surface area contributed by atoms with Gasteiger partial charge in [-0.05, 0) is 53.8 Å². The molecule has 4 rings (SSSR count). The molecule has 0 bridgehead atoms. The fraction of sp³-hybridized carbons (Fsp3) is 0.286. The van der Waals surface area contributed by atoms with Gasteiger partial charge in [-0.15, -0.1) is 0 Å². The van der Waals surface area contributed by atoms with Gasteiger partial charge in [-0.3, -0.25) is 9.59 Å². The molecule has 7 heteroatoms. The number of carboxylic acid groups (broad SMARTS) is 1. The minimum Gasteiger partial charge on any atom is -0.481 e. The maximum atomic E-state index is 13.3. The summed E-state index contributed by atoms with van der Waals surface area (Å²) in [6.07, 6.45) is 1.86. The predicted molar refractivity (Wildman–Crippen MR) is 129 cm³/mol. The molecule has 3 aromatic rings. The minimum atomic E-state index is -1.03. The van der Waals surface area contributed by atoms with Crippen molar-refractivity contribution in [3.63, 3.8) is 0 Å². The van der Waals surface area contributed by atoms with Gasteiger partial charge in [0.05, 0.1) is 5.92 Å². The molecule has 1 unspecified atom stereocenters. The Hall–Kier alpha value is -3.58. The number of aliphatic hydroxyl groups is 1. The largest absolute Gasteiger partial charge is 0.481 e. The number of aliphatic carboxylic acids is 1. The quantitative estimate of drug-likeness (QED) is 0.286. The Bertz CT molecular complexity index is 1170. The summed E-state index contributed by atoms with van der Waals surface area (Å²) in [5.41, 5.74) is 3.29. The second kappa shape index (κ2) is 10.8. The van der Waals surface area contributed by atoms with Crippen LogP contribution in [0.15, 0.2) is 66.7 Å². The molecule has 0 amide bonds. The summed E-state index contributed by atoms with van der Waals surface area (Å²) in [4.78, 5) is 24.5. The van der Waals surface area contributed by atoms with Crippen LogP contribution in [0.2, 0.25) is 0 Å². The van der Waals surface area contributed by atoms with Gasteiger partial charge in [0, 0.05) is 29.7 Å². The molecule has 0 saturated heterocycles. The van der Waals surface area contributed by atoms with Gasteiger partial charge in [-0.1, -0.05) is 49.2 Å². The summed E-state index contributed by atoms with van der Waals surface area (Å²) in [6.45, 7) is 0. The number of carbonyl (C=O) groups is 2. The highest BCUT2D eigenvalue weighted by Crippen LogP contribution is 2.33. The van der Waals surface area contributed by atoms with Crippen LogP contribution in [0.1, 0.15) is 41.6 Å². The molecule has 1 saturated carbocycles. The van der Waals surface area contributed by atoms with Gasteiger partial charge in [0.2, 0.25) is 0 Å². The number of halogens is 2. The summed E-state index contributed by atoms with van der Waals surface area (Å²) in [5, 5.41) is 22.6. The summed E-state index contributed by atoms with van der Waals surface area (Å²) in [5.74, 6) is -3.50. The first-order valence-electron chi connectivity index (χ1n) is 11.7. The van der Waals surface area contributed by atoms with E-state index in [0.717, 1.165) is 30.0 Å². The normalized spacial score (nSPS) is 18.6. The van der Waals surface area contributed by atoms with E-state index in [-0.39, 0.29) is 12.2 Å². The van der Waals surface area contributed by atoms with Crippen molar-refractivity contribution in [1.29, 1.82) is 0 Å². The third kappa shape index (κ3) is 6.11. The van der Waals surface area contributed by atoms with Crippen LogP contribution in [0, 0.1) is 23.5 Å². The molecule has 1 aliphatic rings. The molecule has 35 heavy (non-hydrogen) atoms. The van der Waals surface area contributed by atoms with Gasteiger partial charge in [0.25, 0.3) is 0 Å². The third-order valence-corrected chi connectivity index (χ3v) is 6.49. The van der Waals surface area contributed by atoms with Crippen molar-refractivity contribution in [1.82, 2.24) is 0 Å². The molecule has 3 aromatic carbocycles. The Morgan fingerprint density at radius 2 is 1.40 bits per heavy atom. The van der Waals surface area contributed by atoms with E-state index in [1.807, 2.05) is 24.3 Å². The molecule has 0 aliphatic heterocycles. The lowest BCUT2D eigenvalue weighted by Crippen LogP contribution is -2.32. The molecule has 3 N–H and O–H groups in total. The highest BCUT2D eigenvalue weighted by Gasteiger charge is 2.35. The second-order valence-corrected chi connectivity index (χ2v) is 9.00. The number of ketones is 1. The number of carbonyl (C=O) groups excluding carboxylic acids is 1. The van der Waals surface area contributed by atoms with E-state index in [9.17, 15) is 28.6 Å². The van der Waals surface area contributed by atoms with Crippen LogP contribution in [0.25, 0.3) is 11.1 Å². The minimum absolute atomic E-state index is 0.0374. The molecule has 0 radical (unpaired) electrons. The van der Waals surface area contributed by atoms with Crippen LogP contribution in [-0.4, -0.2) is 28.2 Å². The average Bonchev–Trinajstić information content (AvgIpc) is 2.83. The first-order chi connectivity index (χ1) is 16.8. The summed E-state index contributed by atoms with van der Waals surface area (Å²) in [6, 6.07) is 17.6. The third-order valence-electron chi connectivity index (χ3n) is 6.49. The highest BCUT2D eigenvalue weighted by atomic mass is 19.1. The van der Waals surface area contributed by atoms with E-state index in [4.69, 9.17) is 0 Å². The number of nitrogens with one attached hydrogen (secondary N) is 1. The van der Waals surface area contributed by atoms with Gasteiger partial charge in [0.15, 0.2) is 5.78 Å². The van der Waals surface area contributed by atoms with Crippen molar-refractivity contribution in [2.75, 3.05) is 5.32 Å². The first kappa shape index (κ1) is 24.5. The summed E-state index contributed by atoms with van der Waals surface area (Å²) >= 11 is 0. The molecule has 182 valence electrons. The molecule has 0 heterocycles. The van der Waals surface area contributed by atoms with Gasteiger partial charge in [-0.25, -0.2) is 8.78 Å². The predicted octanol–water partition coefficient (Wildman–Crippen LogP) is 5.68. The topological polar surface area (TPSA) is 86.6 Å². The number of aliphatic hydroxyl groups excluding tert-OH is 1. The molecule has 1 fully saturated rings. The summed E-state index contributed by atoms with van der Waals surface area (Å²) < 4.78 is 26.7. The van der Waals surface area contributed by atoms with Crippen LogP contribution in [0.3, 0.4) is 0 Å². The second-order valence-electron chi connectivity index (χ2n) is 9.00. The lowest BCUT2D eigenvalue weighted by Gasteiger charge is -2.27. The lowest BCUT2D eigenvalue weighted by molar-refractivity contribution is -0.144. The van der Waals surface area contributed by atoms with Crippen molar-refractivity contribution < 1.29 is 28.6 Å². The maximum Gasteiger partial charge on any atom is 0.307 e. The Morgan fingerprint density at radius 3 is 1.97 bits per heavy atom. The number of rotatable bonds is 8. The number of Topliss-reactive ketones (excluding diaryl/α,β-unsaturated/α-hetero) is 1. The van der Waals surface area contributed by atoms with E-state index >= 15 is 0 Å². The zero-order chi connectivity index (χ0) is 24.9.